The molecule has 1 saturated heterocycles. The zero-order valence-electron chi connectivity index (χ0n) is 11.3. The maximum Gasteiger partial charge on any atom is 0.156 e. The first-order chi connectivity index (χ1) is 8.05. The summed E-state index contributed by atoms with van der Waals surface area (Å²) < 4.78 is 0. The number of nitrogens with one attached hydrogen (secondary N) is 1. The topological polar surface area (TPSA) is 27.6 Å². The minimum atomic E-state index is 0.376. The lowest BCUT2D eigenvalue weighted by atomic mass is 9.97. The number of aliphatic imine (C=N–C) groups is 1. The summed E-state index contributed by atoms with van der Waals surface area (Å²) in [5.41, 5.74) is 0.376. The molecule has 0 aromatic heterocycles. The molecule has 2 aliphatic heterocycles. The van der Waals surface area contributed by atoms with Crippen LogP contribution in [-0.4, -0.2) is 49.0 Å². The maximum atomic E-state index is 4.64. The Morgan fingerprint density at radius 1 is 1.53 bits per heavy atom. The Morgan fingerprint density at radius 2 is 2.35 bits per heavy atom. The number of piperidine rings is 1. The third-order valence-electron chi connectivity index (χ3n) is 3.51. The summed E-state index contributed by atoms with van der Waals surface area (Å²) in [6.07, 6.45) is 2.70. The number of hydrogen-bond donors (Lipinski definition) is 1. The van der Waals surface area contributed by atoms with Gasteiger partial charge in [0.15, 0.2) is 5.17 Å². The van der Waals surface area contributed by atoms with Gasteiger partial charge in [0.1, 0.15) is 0 Å². The molecule has 0 radical (unpaired) electrons. The van der Waals surface area contributed by atoms with Gasteiger partial charge in [0.2, 0.25) is 0 Å². The highest BCUT2D eigenvalue weighted by molar-refractivity contribution is 8.13. The average Bonchev–Trinajstić information content (AvgIpc) is 2.28. The van der Waals surface area contributed by atoms with Crippen molar-refractivity contribution in [3.05, 3.63) is 0 Å². The SMILES string of the molecule is CN1CCCC(CNC2=NCC(C)(C)CS2)C1. The number of thioether (sulfide) groups is 1. The number of likely N-dealkylation sites (tertiary alicyclic amines) is 1. The van der Waals surface area contributed by atoms with E-state index in [1.54, 1.807) is 0 Å². The van der Waals surface area contributed by atoms with Gasteiger partial charge in [-0.3, -0.25) is 4.99 Å². The smallest absolute Gasteiger partial charge is 0.156 e. The van der Waals surface area contributed by atoms with Crippen molar-refractivity contribution in [2.24, 2.45) is 16.3 Å². The van der Waals surface area contributed by atoms with Crippen molar-refractivity contribution in [3.8, 4) is 0 Å². The zero-order chi connectivity index (χ0) is 12.3. The number of amidine groups is 1. The normalized spacial score (nSPS) is 29.8. The molecule has 0 saturated carbocycles. The van der Waals surface area contributed by atoms with E-state index in [2.05, 4.69) is 36.1 Å². The predicted molar refractivity (Wildman–Crippen MR) is 76.8 cm³/mol. The largest absolute Gasteiger partial charge is 0.365 e. The standard InChI is InChI=1S/C13H25N3S/c1-13(2)9-15-12(17-10-13)14-7-11-5-4-6-16(3)8-11/h11H,4-10H2,1-3H3,(H,14,15). The van der Waals surface area contributed by atoms with Crippen molar-refractivity contribution in [1.29, 1.82) is 0 Å². The van der Waals surface area contributed by atoms with Gasteiger partial charge >= 0.3 is 0 Å². The summed E-state index contributed by atoms with van der Waals surface area (Å²) in [6.45, 7) is 9.13. The molecule has 0 aromatic rings. The minimum absolute atomic E-state index is 0.376. The van der Waals surface area contributed by atoms with E-state index >= 15 is 0 Å². The van der Waals surface area contributed by atoms with E-state index in [1.165, 1.54) is 31.7 Å². The monoisotopic (exact) mass is 255 g/mol. The van der Waals surface area contributed by atoms with E-state index in [0.29, 0.717) is 5.41 Å². The fourth-order valence-corrected chi connectivity index (χ4v) is 3.38. The van der Waals surface area contributed by atoms with E-state index in [1.807, 2.05) is 11.8 Å². The summed E-state index contributed by atoms with van der Waals surface area (Å²) in [5, 5.41) is 4.70. The minimum Gasteiger partial charge on any atom is -0.365 e. The van der Waals surface area contributed by atoms with Gasteiger partial charge < -0.3 is 10.2 Å². The molecular weight excluding hydrogens is 230 g/mol. The van der Waals surface area contributed by atoms with Gasteiger partial charge in [-0.1, -0.05) is 25.6 Å². The molecule has 0 aromatic carbocycles. The highest BCUT2D eigenvalue weighted by Crippen LogP contribution is 2.27. The van der Waals surface area contributed by atoms with Gasteiger partial charge in [-0.05, 0) is 37.8 Å². The summed E-state index contributed by atoms with van der Waals surface area (Å²) in [7, 11) is 2.22. The van der Waals surface area contributed by atoms with Gasteiger partial charge in [-0.25, -0.2) is 0 Å². The Kier molecular flexibility index (Phi) is 4.36. The van der Waals surface area contributed by atoms with Crippen molar-refractivity contribution in [1.82, 2.24) is 10.2 Å². The molecule has 4 heteroatoms. The first-order valence-corrected chi connectivity index (χ1v) is 7.63. The predicted octanol–water partition coefficient (Wildman–Crippen LogP) is 2.05. The first kappa shape index (κ1) is 13.2. The molecule has 0 amide bonds. The molecule has 2 rings (SSSR count). The van der Waals surface area contributed by atoms with Crippen LogP contribution >= 0.6 is 11.8 Å². The van der Waals surface area contributed by atoms with Crippen LogP contribution in [0.25, 0.3) is 0 Å². The van der Waals surface area contributed by atoms with Gasteiger partial charge in [0.25, 0.3) is 0 Å². The highest BCUT2D eigenvalue weighted by Gasteiger charge is 2.24. The van der Waals surface area contributed by atoms with Gasteiger partial charge in [-0.2, -0.15) is 0 Å². The van der Waals surface area contributed by atoms with Gasteiger partial charge in [-0.15, -0.1) is 0 Å². The van der Waals surface area contributed by atoms with E-state index in [-0.39, 0.29) is 0 Å². The Labute approximate surface area is 109 Å². The van der Waals surface area contributed by atoms with Crippen molar-refractivity contribution in [3.63, 3.8) is 0 Å². The number of nitrogens with zero attached hydrogens (tertiary/aromatic N) is 2. The molecule has 0 aliphatic carbocycles. The number of hydrogen-bond acceptors (Lipinski definition) is 4. The summed E-state index contributed by atoms with van der Waals surface area (Å²) in [6, 6.07) is 0. The van der Waals surface area contributed by atoms with Crippen LogP contribution in [0.15, 0.2) is 4.99 Å². The molecule has 1 atom stereocenters. The highest BCUT2D eigenvalue weighted by atomic mass is 32.2. The Bertz CT molecular complexity index is 288. The molecule has 1 unspecified atom stereocenters. The van der Waals surface area contributed by atoms with E-state index in [9.17, 15) is 0 Å². The second-order valence-electron chi connectivity index (χ2n) is 6.23. The second kappa shape index (κ2) is 5.61. The molecule has 98 valence electrons. The Hall–Kier alpha value is -0.220. The lowest BCUT2D eigenvalue weighted by Gasteiger charge is -2.31. The molecule has 2 heterocycles. The lowest BCUT2D eigenvalue weighted by molar-refractivity contribution is 0.211. The van der Waals surface area contributed by atoms with Crippen LogP contribution in [0.1, 0.15) is 26.7 Å². The number of rotatable bonds is 2. The van der Waals surface area contributed by atoms with Crippen LogP contribution in [0.5, 0.6) is 0 Å². The summed E-state index contributed by atoms with van der Waals surface area (Å²) in [5.74, 6) is 1.98. The van der Waals surface area contributed by atoms with Crippen LogP contribution in [0, 0.1) is 11.3 Å². The molecule has 0 bridgehead atoms. The molecule has 1 N–H and O–H groups in total. The van der Waals surface area contributed by atoms with Crippen LogP contribution in [0.3, 0.4) is 0 Å². The van der Waals surface area contributed by atoms with Crippen LogP contribution in [0.2, 0.25) is 0 Å². The molecule has 17 heavy (non-hydrogen) atoms. The van der Waals surface area contributed by atoms with E-state index in [4.69, 9.17) is 0 Å². The maximum absolute atomic E-state index is 4.64. The van der Waals surface area contributed by atoms with E-state index < -0.39 is 0 Å². The molecule has 2 aliphatic rings. The van der Waals surface area contributed by atoms with Gasteiger partial charge in [0.05, 0.1) is 0 Å². The third-order valence-corrected chi connectivity index (χ3v) is 4.99. The van der Waals surface area contributed by atoms with Crippen molar-refractivity contribution in [2.45, 2.75) is 26.7 Å². The second-order valence-corrected chi connectivity index (χ2v) is 7.19. The molecule has 3 nitrogen and oxygen atoms in total. The van der Waals surface area contributed by atoms with Crippen molar-refractivity contribution in [2.75, 3.05) is 39.0 Å². The first-order valence-electron chi connectivity index (χ1n) is 6.65. The van der Waals surface area contributed by atoms with Crippen molar-refractivity contribution < 1.29 is 0 Å². The average molecular weight is 255 g/mol. The van der Waals surface area contributed by atoms with Crippen LogP contribution in [-0.2, 0) is 0 Å². The Balaban J connectivity index is 1.73. The zero-order valence-corrected chi connectivity index (χ0v) is 12.1. The molecule has 0 spiro atoms. The fourth-order valence-electron chi connectivity index (χ4n) is 2.42. The van der Waals surface area contributed by atoms with E-state index in [0.717, 1.165) is 24.2 Å². The summed E-state index contributed by atoms with van der Waals surface area (Å²) in [4.78, 5) is 7.08. The lowest BCUT2D eigenvalue weighted by Crippen LogP contribution is -2.39. The summed E-state index contributed by atoms with van der Waals surface area (Å²) >= 11 is 1.88. The third kappa shape index (κ3) is 4.18. The Morgan fingerprint density at radius 3 is 3.00 bits per heavy atom. The van der Waals surface area contributed by atoms with Gasteiger partial charge in [0, 0.05) is 25.4 Å². The van der Waals surface area contributed by atoms with Crippen LogP contribution < -0.4 is 5.32 Å². The van der Waals surface area contributed by atoms with Crippen molar-refractivity contribution >= 4 is 16.9 Å². The fraction of sp³-hybridized carbons (Fsp3) is 0.923. The molecular formula is C13H25N3S. The van der Waals surface area contributed by atoms with Crippen LogP contribution in [0.4, 0.5) is 0 Å². The quantitative estimate of drug-likeness (QED) is 0.818. The molecule has 1 fully saturated rings.